The first kappa shape index (κ1) is 24.8. The Morgan fingerprint density at radius 3 is 2.47 bits per heavy atom. The Balaban J connectivity index is 1.78. The lowest BCUT2D eigenvalue weighted by atomic mass is 9.82. The Kier molecular flexibility index (Phi) is 6.96. The average molecular weight is 495 g/mol. The van der Waals surface area contributed by atoms with E-state index in [2.05, 4.69) is 5.32 Å². The number of hydrogen-bond donors (Lipinski definition) is 1. The van der Waals surface area contributed by atoms with Crippen molar-refractivity contribution in [1.29, 1.82) is 0 Å². The maximum Gasteiger partial charge on any atom is 0.307 e. The van der Waals surface area contributed by atoms with Crippen LogP contribution in [0.25, 0.3) is 0 Å². The molecule has 3 aromatic carbocycles. The van der Waals surface area contributed by atoms with E-state index in [0.717, 1.165) is 5.56 Å². The molecule has 1 aliphatic rings. The number of rotatable bonds is 6. The molecule has 1 aliphatic heterocycles. The second-order valence-electron chi connectivity index (χ2n) is 8.46. The van der Waals surface area contributed by atoms with E-state index < -0.39 is 45.8 Å². The van der Waals surface area contributed by atoms with Crippen LogP contribution in [0.15, 0.2) is 60.7 Å². The van der Waals surface area contributed by atoms with Gasteiger partial charge in [0.1, 0.15) is 11.6 Å². The number of benzene rings is 3. The number of carbonyl (C=O) groups is 2. The third-order valence-corrected chi connectivity index (χ3v) is 6.19. The Labute approximate surface area is 205 Å². The molecule has 2 atom stereocenters. The fraction of sp³-hybridized carbons (Fsp3) is 0.231. The molecule has 1 fully saturated rings. The summed E-state index contributed by atoms with van der Waals surface area (Å²) in [6.45, 7) is 1.91. The van der Waals surface area contributed by atoms with Crippen LogP contribution in [0, 0.1) is 34.6 Å². The van der Waals surface area contributed by atoms with Crippen molar-refractivity contribution in [2.75, 3.05) is 17.3 Å². The summed E-state index contributed by atoms with van der Waals surface area (Å²) in [5.41, 5.74) is 0.639. The molecule has 1 heterocycles. The summed E-state index contributed by atoms with van der Waals surface area (Å²) in [4.78, 5) is 38.3. The van der Waals surface area contributed by atoms with Crippen molar-refractivity contribution in [2.45, 2.75) is 25.8 Å². The molecule has 36 heavy (non-hydrogen) atoms. The molecule has 0 aromatic heterocycles. The van der Waals surface area contributed by atoms with Crippen molar-refractivity contribution in [1.82, 2.24) is 0 Å². The predicted molar refractivity (Wildman–Crippen MR) is 129 cm³/mol. The minimum absolute atomic E-state index is 0.0453. The second kappa shape index (κ2) is 10.1. The molecule has 8 nitrogen and oxygen atoms in total. The van der Waals surface area contributed by atoms with E-state index in [1.54, 1.807) is 36.4 Å². The lowest BCUT2D eigenvalue weighted by Gasteiger charge is -2.41. The quantitative estimate of drug-likeness (QED) is 0.369. The highest BCUT2D eigenvalue weighted by Gasteiger charge is 2.43. The summed E-state index contributed by atoms with van der Waals surface area (Å²) in [5, 5.41) is 13.5. The van der Waals surface area contributed by atoms with Crippen LogP contribution in [0.5, 0.6) is 5.75 Å². The van der Waals surface area contributed by atoms with Gasteiger partial charge in [0.25, 0.3) is 0 Å². The zero-order valence-corrected chi connectivity index (χ0v) is 19.5. The van der Waals surface area contributed by atoms with E-state index in [9.17, 15) is 28.5 Å². The third kappa shape index (κ3) is 4.74. The number of nitro benzene ring substituents is 1. The number of para-hydroxylation sites is 1. The van der Waals surface area contributed by atoms with Gasteiger partial charge in [0.05, 0.1) is 29.7 Å². The summed E-state index contributed by atoms with van der Waals surface area (Å²) in [6, 6.07) is 14.4. The van der Waals surface area contributed by atoms with Crippen LogP contribution < -0.4 is 15.0 Å². The van der Waals surface area contributed by atoms with Gasteiger partial charge in [0, 0.05) is 29.8 Å². The summed E-state index contributed by atoms with van der Waals surface area (Å²) in [7, 11) is 1.47. The van der Waals surface area contributed by atoms with Crippen molar-refractivity contribution in [3.63, 3.8) is 0 Å². The number of nitrogens with zero attached hydrogens (tertiary/aromatic N) is 2. The number of aryl methyl sites for hydroxylation is 1. The van der Waals surface area contributed by atoms with Gasteiger partial charge < -0.3 is 15.0 Å². The maximum atomic E-state index is 14.4. The molecular weight excluding hydrogens is 472 g/mol. The lowest BCUT2D eigenvalue weighted by Crippen LogP contribution is -2.47. The monoisotopic (exact) mass is 495 g/mol. The highest BCUT2D eigenvalue weighted by molar-refractivity contribution is 6.00. The molecule has 186 valence electrons. The summed E-state index contributed by atoms with van der Waals surface area (Å²) in [5.74, 6) is -3.80. The minimum Gasteiger partial charge on any atom is -0.496 e. The van der Waals surface area contributed by atoms with E-state index in [0.29, 0.717) is 29.1 Å². The van der Waals surface area contributed by atoms with Gasteiger partial charge in [-0.25, -0.2) is 4.39 Å². The smallest absolute Gasteiger partial charge is 0.307 e. The molecule has 0 saturated carbocycles. The van der Waals surface area contributed by atoms with E-state index in [1.807, 2.05) is 19.1 Å². The Hall–Kier alpha value is -4.34. The molecule has 0 aliphatic carbocycles. The number of nitrogens with one attached hydrogen (secondary N) is 1. The first-order valence-electron chi connectivity index (χ1n) is 11.2. The largest absolute Gasteiger partial charge is 0.496 e. The van der Waals surface area contributed by atoms with Crippen molar-refractivity contribution < 1.29 is 28.0 Å². The van der Waals surface area contributed by atoms with Gasteiger partial charge in [-0.3, -0.25) is 19.7 Å². The van der Waals surface area contributed by atoms with Crippen molar-refractivity contribution in [2.24, 2.45) is 5.92 Å². The number of hydrogen-bond acceptors (Lipinski definition) is 5. The first-order chi connectivity index (χ1) is 17.2. The highest BCUT2D eigenvalue weighted by Crippen LogP contribution is 2.43. The fourth-order valence-corrected chi connectivity index (χ4v) is 4.44. The van der Waals surface area contributed by atoms with Crippen LogP contribution in [-0.4, -0.2) is 23.8 Å². The first-order valence-corrected chi connectivity index (χ1v) is 11.2. The van der Waals surface area contributed by atoms with Crippen LogP contribution in [0.2, 0.25) is 0 Å². The van der Waals surface area contributed by atoms with Gasteiger partial charge in [0.15, 0.2) is 0 Å². The molecule has 4 rings (SSSR count). The number of carbonyl (C=O) groups excluding carboxylic acids is 2. The number of piperidine rings is 1. The van der Waals surface area contributed by atoms with E-state index in [-0.39, 0.29) is 18.7 Å². The second-order valence-corrected chi connectivity index (χ2v) is 8.46. The molecule has 2 amide bonds. The van der Waals surface area contributed by atoms with Crippen LogP contribution in [0.1, 0.15) is 30.0 Å². The molecule has 0 bridgehead atoms. The molecule has 1 saturated heterocycles. The zero-order valence-electron chi connectivity index (χ0n) is 19.5. The average Bonchev–Trinajstić information content (AvgIpc) is 2.85. The van der Waals surface area contributed by atoms with E-state index in [1.165, 1.54) is 12.0 Å². The summed E-state index contributed by atoms with van der Waals surface area (Å²) < 4.78 is 33.7. The lowest BCUT2D eigenvalue weighted by molar-refractivity contribution is -0.387. The Morgan fingerprint density at radius 2 is 1.81 bits per heavy atom. The van der Waals surface area contributed by atoms with E-state index in [4.69, 9.17) is 4.74 Å². The van der Waals surface area contributed by atoms with Gasteiger partial charge in [-0.15, -0.1) is 0 Å². The molecule has 1 N–H and O–H groups in total. The summed E-state index contributed by atoms with van der Waals surface area (Å²) >= 11 is 0. The van der Waals surface area contributed by atoms with Crippen LogP contribution in [0.4, 0.5) is 25.8 Å². The Bertz CT molecular complexity index is 1330. The highest BCUT2D eigenvalue weighted by atomic mass is 19.1. The third-order valence-electron chi connectivity index (χ3n) is 6.19. The summed E-state index contributed by atoms with van der Waals surface area (Å²) in [6.07, 6.45) is 0.185. The van der Waals surface area contributed by atoms with Crippen molar-refractivity contribution >= 4 is 28.9 Å². The molecular formula is C26H23F2N3O5. The minimum atomic E-state index is -1.35. The molecule has 0 radical (unpaired) electrons. The number of anilines is 2. The van der Waals surface area contributed by atoms with Crippen LogP contribution in [0.3, 0.4) is 0 Å². The standard InChI is InChI=1S/C26H23F2N3O5/c1-15-7-9-16(10-8-15)30-24(32)12-11-18(25(30)17-5-3-4-6-23(17)36-2)26(33)29-21-14-22(31(34)35)20(28)13-19(21)27/h3-10,13-14,18,25H,11-12H2,1-2H3,(H,29,33)/t18-,25+/m1/s1. The van der Waals surface area contributed by atoms with Crippen molar-refractivity contribution in [3.8, 4) is 5.75 Å². The van der Waals surface area contributed by atoms with Gasteiger partial charge in [-0.05, 0) is 31.5 Å². The van der Waals surface area contributed by atoms with Crippen LogP contribution in [-0.2, 0) is 9.59 Å². The molecule has 0 spiro atoms. The zero-order chi connectivity index (χ0) is 26.0. The van der Waals surface area contributed by atoms with Crippen molar-refractivity contribution in [3.05, 3.63) is 93.5 Å². The van der Waals surface area contributed by atoms with E-state index >= 15 is 0 Å². The maximum absolute atomic E-state index is 14.4. The normalized spacial score (nSPS) is 17.6. The molecule has 10 heteroatoms. The Morgan fingerprint density at radius 1 is 1.11 bits per heavy atom. The van der Waals surface area contributed by atoms with Crippen LogP contribution >= 0.6 is 0 Å². The molecule has 3 aromatic rings. The van der Waals surface area contributed by atoms with Gasteiger partial charge in [-0.2, -0.15) is 4.39 Å². The predicted octanol–water partition coefficient (Wildman–Crippen LogP) is 5.31. The number of halogens is 2. The van der Waals surface area contributed by atoms with Gasteiger partial charge in [-0.1, -0.05) is 35.9 Å². The molecule has 0 unspecified atom stereocenters. The number of amides is 2. The number of nitro groups is 1. The SMILES string of the molecule is COc1ccccc1[C@H]1[C@H](C(=O)Nc2cc([N+](=O)[O-])c(F)cc2F)CCC(=O)N1c1ccc(C)cc1. The topological polar surface area (TPSA) is 102 Å². The fourth-order valence-electron chi connectivity index (χ4n) is 4.44. The van der Waals surface area contributed by atoms with Gasteiger partial charge in [0.2, 0.25) is 17.6 Å². The number of ether oxygens (including phenoxy) is 1. The van der Waals surface area contributed by atoms with Gasteiger partial charge >= 0.3 is 5.69 Å². The number of methoxy groups -OCH3 is 1.